The van der Waals surface area contributed by atoms with Gasteiger partial charge in [0, 0.05) is 37.1 Å². The number of aliphatic hydroxyl groups is 3. The van der Waals surface area contributed by atoms with Crippen LogP contribution in [0.4, 0.5) is 5.82 Å². The maximum atomic E-state index is 12.7. The second-order valence-electron chi connectivity index (χ2n) is 12.7. The Morgan fingerprint density at radius 1 is 1.02 bits per heavy atom. The molecule has 31 heteroatoms. The standard InChI is InChI=1S/C26H42N7O20P3S/c1-26(2,20(38)23(39)29-6-5-15(35)28-7-8-57-16(36)4-3-13(34)25(40)41)10-50-56(47,48)53-55(45,46)49-9-14-19(52-54(42,43)44)18(37)24(51-14)33-12-32-17-21(27)30-11-31-22(17)33/h11-14,18-20,24,34,37-38H,3-10H2,1-2H3,(H,28,35)(H,29,39)(H,40,41)(H,45,46)(H,47,48)(H2,27,30,31)(H2,42,43,44). The molecule has 27 nitrogen and oxygen atoms in total. The van der Waals surface area contributed by atoms with Crippen molar-refractivity contribution in [2.24, 2.45) is 5.41 Å². The maximum absolute atomic E-state index is 12.7. The summed E-state index contributed by atoms with van der Waals surface area (Å²) in [6.45, 7) is 0.126. The predicted molar refractivity (Wildman–Crippen MR) is 190 cm³/mol. The molecule has 322 valence electrons. The number of carboxylic acids is 1. The minimum absolute atomic E-state index is 0.0155. The normalized spacial score (nSPS) is 22.0. The quantitative estimate of drug-likeness (QED) is 0.0420. The number of rotatable bonds is 23. The largest absolute Gasteiger partial charge is 0.481 e. The zero-order valence-electron chi connectivity index (χ0n) is 29.9. The van der Waals surface area contributed by atoms with Crippen molar-refractivity contribution in [3.05, 3.63) is 12.7 Å². The summed E-state index contributed by atoms with van der Waals surface area (Å²) in [5.41, 5.74) is 4.18. The number of ether oxygens (including phenoxy) is 1. The Morgan fingerprint density at radius 2 is 1.68 bits per heavy atom. The second-order valence-corrected chi connectivity index (χ2v) is 18.1. The topological polar surface area (TPSA) is 421 Å². The van der Waals surface area contributed by atoms with Gasteiger partial charge in [0.1, 0.15) is 36.3 Å². The lowest BCUT2D eigenvalue weighted by molar-refractivity contribution is -0.147. The van der Waals surface area contributed by atoms with E-state index in [2.05, 4.69) is 34.4 Å². The van der Waals surface area contributed by atoms with E-state index in [0.717, 1.165) is 29.0 Å². The number of phosphoric ester groups is 3. The van der Waals surface area contributed by atoms with E-state index < -0.39 is 96.6 Å². The van der Waals surface area contributed by atoms with Crippen LogP contribution in [-0.2, 0) is 55.5 Å². The Kier molecular flexibility index (Phi) is 17.2. The number of nitrogens with two attached hydrogens (primary N) is 1. The van der Waals surface area contributed by atoms with E-state index in [-0.39, 0.29) is 60.2 Å². The molecule has 0 saturated carbocycles. The molecular formula is C26H42N7O20P3S. The highest BCUT2D eigenvalue weighted by atomic mass is 32.2. The van der Waals surface area contributed by atoms with E-state index in [0.29, 0.717) is 0 Å². The van der Waals surface area contributed by atoms with Crippen molar-refractivity contribution in [3.8, 4) is 0 Å². The first-order valence-electron chi connectivity index (χ1n) is 16.3. The molecule has 8 atom stereocenters. The number of aromatic nitrogens is 4. The summed E-state index contributed by atoms with van der Waals surface area (Å²) in [4.78, 5) is 97.7. The monoisotopic (exact) mass is 897 g/mol. The second kappa shape index (κ2) is 20.3. The summed E-state index contributed by atoms with van der Waals surface area (Å²) in [7, 11) is -16.5. The number of aliphatic carboxylic acids is 1. The number of imidazole rings is 1. The number of nitrogens with zero attached hydrogens (tertiary/aromatic N) is 4. The van der Waals surface area contributed by atoms with Crippen LogP contribution in [0.15, 0.2) is 12.7 Å². The highest BCUT2D eigenvalue weighted by Crippen LogP contribution is 2.61. The number of hydrogen-bond donors (Lipinski definition) is 11. The van der Waals surface area contributed by atoms with E-state index in [1.54, 1.807) is 0 Å². The molecule has 1 aliphatic rings. The Hall–Kier alpha value is -3.01. The van der Waals surface area contributed by atoms with Crippen LogP contribution in [0.25, 0.3) is 11.2 Å². The van der Waals surface area contributed by atoms with Crippen molar-refractivity contribution in [1.82, 2.24) is 30.2 Å². The number of carboxylic acid groups (broad SMARTS) is 1. The van der Waals surface area contributed by atoms with Crippen LogP contribution in [0.3, 0.4) is 0 Å². The molecule has 0 aliphatic carbocycles. The Bertz CT molecular complexity index is 1900. The van der Waals surface area contributed by atoms with Gasteiger partial charge in [0.15, 0.2) is 28.9 Å². The zero-order valence-corrected chi connectivity index (χ0v) is 33.4. The minimum Gasteiger partial charge on any atom is -0.479 e. The molecule has 0 spiro atoms. The van der Waals surface area contributed by atoms with Crippen LogP contribution in [0.5, 0.6) is 0 Å². The minimum atomic E-state index is -5.60. The highest BCUT2D eigenvalue weighted by Gasteiger charge is 2.50. The van der Waals surface area contributed by atoms with Crippen molar-refractivity contribution >= 4 is 75.1 Å². The van der Waals surface area contributed by atoms with Gasteiger partial charge < -0.3 is 61.1 Å². The molecule has 2 aromatic rings. The summed E-state index contributed by atoms with van der Waals surface area (Å²) >= 11 is 0.820. The number of nitrogens with one attached hydrogen (secondary N) is 2. The van der Waals surface area contributed by atoms with Crippen LogP contribution in [0, 0.1) is 5.41 Å². The molecule has 0 aromatic carbocycles. The average molecular weight is 898 g/mol. The Balaban J connectivity index is 1.47. The number of thioether (sulfide) groups is 1. The van der Waals surface area contributed by atoms with Crippen molar-refractivity contribution < 1.29 is 95.5 Å². The molecule has 1 fully saturated rings. The third-order valence-electron chi connectivity index (χ3n) is 7.67. The number of nitrogen functional groups attached to an aromatic ring is 1. The molecule has 12 N–H and O–H groups in total. The van der Waals surface area contributed by atoms with E-state index in [9.17, 15) is 67.8 Å². The van der Waals surface area contributed by atoms with Gasteiger partial charge in [-0.2, -0.15) is 4.31 Å². The first-order valence-corrected chi connectivity index (χ1v) is 21.8. The molecule has 57 heavy (non-hydrogen) atoms. The van der Waals surface area contributed by atoms with Gasteiger partial charge >= 0.3 is 29.4 Å². The van der Waals surface area contributed by atoms with E-state index >= 15 is 0 Å². The SMILES string of the molecule is CC(C)(COP(=O)(O)OP(=O)(O)OCC1OC(n2cnc3c(N)ncnc32)C(O)C1OP(=O)(O)O)C(O)C(=O)NCCC(=O)NCCSC(=O)CCC(O)C(=O)O. The number of hydrogen-bond acceptors (Lipinski definition) is 20. The molecule has 1 aliphatic heterocycles. The summed E-state index contributed by atoms with van der Waals surface area (Å²) in [5, 5.41) is 43.6. The van der Waals surface area contributed by atoms with Crippen LogP contribution in [0.1, 0.15) is 39.3 Å². The van der Waals surface area contributed by atoms with Crippen molar-refractivity contribution in [2.45, 2.75) is 69.9 Å². The van der Waals surface area contributed by atoms with Gasteiger partial charge in [0.2, 0.25) is 11.8 Å². The van der Waals surface area contributed by atoms with Gasteiger partial charge in [0.05, 0.1) is 19.5 Å². The summed E-state index contributed by atoms with van der Waals surface area (Å²) < 4.78 is 61.9. The molecule has 8 unspecified atom stereocenters. The number of fused-ring (bicyclic) bond motifs is 1. The van der Waals surface area contributed by atoms with Crippen LogP contribution < -0.4 is 16.4 Å². The predicted octanol–water partition coefficient (Wildman–Crippen LogP) is -2.11. The molecule has 2 amide bonds. The number of anilines is 1. The zero-order chi connectivity index (χ0) is 42.9. The molecule has 0 radical (unpaired) electrons. The third-order valence-corrected chi connectivity index (χ3v) is 11.7. The van der Waals surface area contributed by atoms with Crippen molar-refractivity contribution in [3.63, 3.8) is 0 Å². The smallest absolute Gasteiger partial charge is 0.479 e. The van der Waals surface area contributed by atoms with Crippen LogP contribution in [-0.4, -0.2) is 145 Å². The van der Waals surface area contributed by atoms with E-state index in [1.165, 1.54) is 13.8 Å². The summed E-state index contributed by atoms with van der Waals surface area (Å²) in [6.07, 6.45) is -9.26. The van der Waals surface area contributed by atoms with Gasteiger partial charge in [-0.05, 0) is 6.42 Å². The lowest BCUT2D eigenvalue weighted by Gasteiger charge is -2.30. The summed E-state index contributed by atoms with van der Waals surface area (Å²) in [5.74, 6) is -2.93. The average Bonchev–Trinajstić information content (AvgIpc) is 3.66. The summed E-state index contributed by atoms with van der Waals surface area (Å²) in [6, 6.07) is 0. The Morgan fingerprint density at radius 3 is 2.33 bits per heavy atom. The molecule has 3 rings (SSSR count). The van der Waals surface area contributed by atoms with Gasteiger partial charge in [-0.3, -0.25) is 32.5 Å². The fourth-order valence-electron chi connectivity index (χ4n) is 4.75. The first-order chi connectivity index (χ1) is 26.3. The molecular weight excluding hydrogens is 855 g/mol. The molecule has 2 aromatic heterocycles. The van der Waals surface area contributed by atoms with Crippen LogP contribution >= 0.6 is 35.2 Å². The fourth-order valence-corrected chi connectivity index (χ4v) is 8.27. The van der Waals surface area contributed by atoms with Gasteiger partial charge in [-0.15, -0.1) is 0 Å². The fraction of sp³-hybridized carbons (Fsp3) is 0.654. The third kappa shape index (κ3) is 15.0. The van der Waals surface area contributed by atoms with Crippen molar-refractivity contribution in [2.75, 3.05) is 37.8 Å². The van der Waals surface area contributed by atoms with Crippen molar-refractivity contribution in [1.29, 1.82) is 0 Å². The number of amides is 2. The first kappa shape index (κ1) is 48.4. The van der Waals surface area contributed by atoms with E-state index in [4.69, 9.17) is 24.6 Å². The van der Waals surface area contributed by atoms with Crippen LogP contribution in [0.2, 0.25) is 0 Å². The highest BCUT2D eigenvalue weighted by molar-refractivity contribution is 8.13. The van der Waals surface area contributed by atoms with E-state index in [1.807, 2.05) is 0 Å². The Labute approximate surface area is 326 Å². The number of carbonyl (C=O) groups excluding carboxylic acids is 3. The number of phosphoric acid groups is 3. The number of carbonyl (C=O) groups is 4. The lowest BCUT2D eigenvalue weighted by Crippen LogP contribution is -2.46. The van der Waals surface area contributed by atoms with Gasteiger partial charge in [-0.25, -0.2) is 33.4 Å². The van der Waals surface area contributed by atoms with Gasteiger partial charge in [0.25, 0.3) is 0 Å². The number of aliphatic hydroxyl groups excluding tert-OH is 3. The maximum Gasteiger partial charge on any atom is 0.481 e. The molecule has 1 saturated heterocycles. The molecule has 3 heterocycles. The molecule has 0 bridgehead atoms. The van der Waals surface area contributed by atoms with Gasteiger partial charge in [-0.1, -0.05) is 25.6 Å². The lowest BCUT2D eigenvalue weighted by atomic mass is 9.87.